The molecule has 24 heavy (non-hydrogen) atoms. The van der Waals surface area contributed by atoms with Gasteiger partial charge in [0.1, 0.15) is 12.2 Å². The van der Waals surface area contributed by atoms with Crippen molar-refractivity contribution in [3.05, 3.63) is 0 Å². The van der Waals surface area contributed by atoms with E-state index in [0.717, 1.165) is 25.2 Å². The van der Waals surface area contributed by atoms with E-state index in [9.17, 15) is 9.18 Å². The molecule has 3 saturated carbocycles. The second-order valence-electron chi connectivity index (χ2n) is 8.12. The highest BCUT2D eigenvalue weighted by Crippen LogP contribution is 2.67. The maximum atomic E-state index is 13.5. The second-order valence-corrected chi connectivity index (χ2v) is 8.12. The number of likely N-dealkylation sites (tertiary alicyclic amines) is 1. The fourth-order valence-electron chi connectivity index (χ4n) is 5.67. The van der Waals surface area contributed by atoms with Crippen molar-refractivity contribution >= 4 is 5.91 Å². The molecule has 4 aliphatic rings. The average molecular weight is 335 g/mol. The summed E-state index contributed by atoms with van der Waals surface area (Å²) in [5.41, 5.74) is 0.362. The van der Waals surface area contributed by atoms with E-state index in [-0.39, 0.29) is 25.4 Å². The van der Waals surface area contributed by atoms with Gasteiger partial charge < -0.3 is 15.0 Å². The monoisotopic (exact) mass is 335 g/mol. The summed E-state index contributed by atoms with van der Waals surface area (Å²) in [5, 5.41) is 12.6. The Morgan fingerprint density at radius 3 is 2.83 bits per heavy atom. The van der Waals surface area contributed by atoms with Crippen LogP contribution in [-0.2, 0) is 9.53 Å². The summed E-state index contributed by atoms with van der Waals surface area (Å²) < 4.78 is 19.1. The molecule has 3 aliphatic carbocycles. The first-order valence-electron chi connectivity index (χ1n) is 9.16. The Labute approximate surface area is 142 Å². The molecule has 132 valence electrons. The number of hydrogen-bond acceptors (Lipinski definition) is 4. The number of nitriles is 1. The molecule has 1 amide bonds. The number of nitrogens with zero attached hydrogens (tertiary/aromatic N) is 2. The number of hydrogen-bond donors (Lipinski definition) is 1. The lowest BCUT2D eigenvalue weighted by atomic mass is 9.87. The highest BCUT2D eigenvalue weighted by Gasteiger charge is 2.63. The minimum absolute atomic E-state index is 0.0648. The summed E-state index contributed by atoms with van der Waals surface area (Å²) in [6, 6.07) is 1.83. The van der Waals surface area contributed by atoms with Crippen LogP contribution in [0.15, 0.2) is 0 Å². The zero-order valence-electron chi connectivity index (χ0n) is 14.2. The van der Waals surface area contributed by atoms with E-state index < -0.39 is 12.2 Å². The molecular formula is C18H26FN3O2. The molecule has 4 fully saturated rings. The van der Waals surface area contributed by atoms with Crippen molar-refractivity contribution in [1.82, 2.24) is 10.2 Å². The van der Waals surface area contributed by atoms with Crippen LogP contribution in [0, 0.1) is 28.6 Å². The number of carbonyl (C=O) groups is 1. The van der Waals surface area contributed by atoms with Gasteiger partial charge in [-0.15, -0.1) is 0 Å². The van der Waals surface area contributed by atoms with Crippen LogP contribution >= 0.6 is 0 Å². The molecule has 5 nitrogen and oxygen atoms in total. The van der Waals surface area contributed by atoms with E-state index in [4.69, 9.17) is 10.00 Å². The predicted molar refractivity (Wildman–Crippen MR) is 85.7 cm³/mol. The normalized spacial score (nSPS) is 42.3. The van der Waals surface area contributed by atoms with E-state index >= 15 is 0 Å². The smallest absolute Gasteiger partial charge is 0.237 e. The Morgan fingerprint density at radius 1 is 1.38 bits per heavy atom. The highest BCUT2D eigenvalue weighted by atomic mass is 19.1. The molecule has 0 aromatic carbocycles. The van der Waals surface area contributed by atoms with Crippen LogP contribution in [-0.4, -0.2) is 55.4 Å². The summed E-state index contributed by atoms with van der Waals surface area (Å²) in [6.45, 7) is 0.291. The molecule has 1 spiro atoms. The van der Waals surface area contributed by atoms with Crippen molar-refractivity contribution in [3.63, 3.8) is 0 Å². The van der Waals surface area contributed by atoms with Gasteiger partial charge in [0.05, 0.1) is 25.3 Å². The first-order chi connectivity index (χ1) is 11.6. The Bertz CT molecular complexity index is 559. The summed E-state index contributed by atoms with van der Waals surface area (Å²) in [5.74, 6) is 1.30. The van der Waals surface area contributed by atoms with Crippen LogP contribution < -0.4 is 5.32 Å². The van der Waals surface area contributed by atoms with Crippen molar-refractivity contribution in [2.75, 3.05) is 20.2 Å². The fourth-order valence-corrected chi connectivity index (χ4v) is 5.67. The van der Waals surface area contributed by atoms with Gasteiger partial charge in [0, 0.05) is 19.6 Å². The number of ether oxygens (including phenoxy) is 1. The molecule has 0 aromatic rings. The Hall–Kier alpha value is -1.19. The number of methoxy groups -OCH3 is 1. The van der Waals surface area contributed by atoms with Gasteiger partial charge in [0.25, 0.3) is 0 Å². The van der Waals surface area contributed by atoms with Crippen LogP contribution in [0.3, 0.4) is 0 Å². The molecule has 4 rings (SSSR count). The van der Waals surface area contributed by atoms with Crippen LogP contribution in [0.2, 0.25) is 0 Å². The topological polar surface area (TPSA) is 65.4 Å². The molecule has 6 unspecified atom stereocenters. The van der Waals surface area contributed by atoms with Gasteiger partial charge in [-0.3, -0.25) is 4.79 Å². The van der Waals surface area contributed by atoms with E-state index in [2.05, 4.69) is 5.32 Å². The third kappa shape index (κ3) is 2.53. The van der Waals surface area contributed by atoms with Crippen LogP contribution in [0.4, 0.5) is 4.39 Å². The van der Waals surface area contributed by atoms with Crippen molar-refractivity contribution in [2.45, 2.75) is 62.9 Å². The number of carbonyl (C=O) groups excluding carboxylic acids is 1. The van der Waals surface area contributed by atoms with Gasteiger partial charge >= 0.3 is 0 Å². The molecule has 6 atom stereocenters. The molecule has 0 aromatic heterocycles. The standard InChI is InChI=1S/C18H26FN3O2/c1-24-14-4-11-5-16(18(2-3-18)15(11)7-14)21-9-17(23)22-10-12(19)6-13(22)8-20/h11-16,21H,2-7,9-10H2,1H3. The Balaban J connectivity index is 1.34. The van der Waals surface area contributed by atoms with Crippen molar-refractivity contribution in [3.8, 4) is 6.07 Å². The second kappa shape index (κ2) is 5.96. The van der Waals surface area contributed by atoms with E-state index in [1.165, 1.54) is 17.7 Å². The van der Waals surface area contributed by atoms with Gasteiger partial charge in [0.15, 0.2) is 0 Å². The van der Waals surface area contributed by atoms with Gasteiger partial charge in [-0.25, -0.2) is 4.39 Å². The minimum Gasteiger partial charge on any atom is -0.381 e. The summed E-state index contributed by atoms with van der Waals surface area (Å²) in [4.78, 5) is 13.8. The van der Waals surface area contributed by atoms with E-state index in [1.807, 2.05) is 6.07 Å². The number of amides is 1. The quantitative estimate of drug-likeness (QED) is 0.848. The summed E-state index contributed by atoms with van der Waals surface area (Å²) >= 11 is 0. The molecule has 1 N–H and O–H groups in total. The fraction of sp³-hybridized carbons (Fsp3) is 0.889. The predicted octanol–water partition coefficient (Wildman–Crippen LogP) is 1.63. The van der Waals surface area contributed by atoms with Gasteiger partial charge in [0.2, 0.25) is 5.91 Å². The Morgan fingerprint density at radius 2 is 2.17 bits per heavy atom. The van der Waals surface area contributed by atoms with Crippen molar-refractivity contribution < 1.29 is 13.9 Å². The number of alkyl halides is 1. The lowest BCUT2D eigenvalue weighted by Crippen LogP contribution is -2.45. The Kier molecular flexibility index (Phi) is 4.04. The number of nitrogens with one attached hydrogen (secondary N) is 1. The zero-order valence-corrected chi connectivity index (χ0v) is 14.2. The molecule has 1 heterocycles. The number of fused-ring (bicyclic) bond motifs is 2. The van der Waals surface area contributed by atoms with Crippen molar-refractivity contribution in [2.24, 2.45) is 17.3 Å². The van der Waals surface area contributed by atoms with Crippen LogP contribution in [0.1, 0.15) is 38.5 Å². The first-order valence-corrected chi connectivity index (χ1v) is 9.16. The molecule has 6 heteroatoms. The maximum Gasteiger partial charge on any atom is 0.237 e. The van der Waals surface area contributed by atoms with Gasteiger partial charge in [-0.2, -0.15) is 5.26 Å². The average Bonchev–Trinajstić information content (AvgIpc) is 3.00. The molecule has 0 bridgehead atoms. The number of halogens is 1. The van der Waals surface area contributed by atoms with Crippen molar-refractivity contribution in [1.29, 1.82) is 5.26 Å². The SMILES string of the molecule is COC1CC2CC(NCC(=O)N3CC(F)CC3C#N)C3(CC3)C2C1. The first kappa shape index (κ1) is 16.3. The lowest BCUT2D eigenvalue weighted by Gasteiger charge is -2.27. The van der Waals surface area contributed by atoms with Gasteiger partial charge in [-0.1, -0.05) is 0 Å². The summed E-state index contributed by atoms with van der Waals surface area (Å²) in [7, 11) is 1.81. The van der Waals surface area contributed by atoms with Crippen LogP contribution in [0.5, 0.6) is 0 Å². The largest absolute Gasteiger partial charge is 0.381 e. The van der Waals surface area contributed by atoms with Gasteiger partial charge in [-0.05, 0) is 49.4 Å². The van der Waals surface area contributed by atoms with E-state index in [1.54, 1.807) is 7.11 Å². The molecule has 0 radical (unpaired) electrons. The molecule has 1 saturated heterocycles. The molecule has 1 aliphatic heterocycles. The third-order valence-electron chi connectivity index (χ3n) is 7.00. The lowest BCUT2D eigenvalue weighted by molar-refractivity contribution is -0.130. The zero-order chi connectivity index (χ0) is 16.9. The van der Waals surface area contributed by atoms with E-state index in [0.29, 0.717) is 23.5 Å². The van der Waals surface area contributed by atoms with Crippen LogP contribution in [0.25, 0.3) is 0 Å². The summed E-state index contributed by atoms with van der Waals surface area (Å²) in [6.07, 6.45) is 5.39. The minimum atomic E-state index is -1.06. The maximum absolute atomic E-state index is 13.5. The molecular weight excluding hydrogens is 309 g/mol. The highest BCUT2D eigenvalue weighted by molar-refractivity contribution is 5.79. The third-order valence-corrected chi connectivity index (χ3v) is 7.00. The number of rotatable bonds is 4.